The normalized spacial score (nSPS) is 16.2. The minimum Gasteiger partial charge on any atom is -0.303 e. The highest BCUT2D eigenvalue weighted by Crippen LogP contribution is 2.34. The van der Waals surface area contributed by atoms with Gasteiger partial charge in [0.25, 0.3) is 0 Å². The smallest absolute Gasteiger partial charge is 0.0355 e. The second-order valence-electron chi connectivity index (χ2n) is 6.08. The molecule has 0 radical (unpaired) electrons. The van der Waals surface area contributed by atoms with E-state index in [4.69, 9.17) is 0 Å². The molecule has 1 aliphatic heterocycles. The van der Waals surface area contributed by atoms with Gasteiger partial charge in [0.2, 0.25) is 0 Å². The summed E-state index contributed by atoms with van der Waals surface area (Å²) >= 11 is 1.91. The van der Waals surface area contributed by atoms with Gasteiger partial charge in [0, 0.05) is 20.2 Å². The van der Waals surface area contributed by atoms with Crippen LogP contribution in [0.5, 0.6) is 0 Å². The Hall–Kier alpha value is -1.38. The van der Waals surface area contributed by atoms with Crippen molar-refractivity contribution in [1.82, 2.24) is 4.90 Å². The van der Waals surface area contributed by atoms with E-state index in [9.17, 15) is 0 Å². The maximum absolute atomic E-state index is 2.61. The van der Waals surface area contributed by atoms with Crippen LogP contribution in [0.15, 0.2) is 42.5 Å². The lowest BCUT2D eigenvalue weighted by atomic mass is 10.1. The van der Waals surface area contributed by atoms with Crippen LogP contribution in [-0.2, 0) is 6.42 Å². The summed E-state index contributed by atoms with van der Waals surface area (Å²) in [6, 6.07) is 15.8. The van der Waals surface area contributed by atoms with Gasteiger partial charge in [-0.15, -0.1) is 11.3 Å². The minimum atomic E-state index is 1.20. The van der Waals surface area contributed by atoms with E-state index in [1.165, 1.54) is 71.1 Å². The molecule has 108 valence electrons. The Balaban J connectivity index is 1.53. The van der Waals surface area contributed by atoms with E-state index in [2.05, 4.69) is 47.4 Å². The Morgan fingerprint density at radius 3 is 2.62 bits per heavy atom. The van der Waals surface area contributed by atoms with Crippen LogP contribution in [0.3, 0.4) is 0 Å². The third-order valence-electron chi connectivity index (χ3n) is 4.58. The Kier molecular flexibility index (Phi) is 3.66. The van der Waals surface area contributed by atoms with Crippen LogP contribution in [0, 0.1) is 0 Å². The number of hydrogen-bond acceptors (Lipinski definition) is 2. The second-order valence-corrected chi connectivity index (χ2v) is 7.16. The average Bonchev–Trinajstić information content (AvgIpc) is 3.14. The van der Waals surface area contributed by atoms with E-state index in [0.717, 1.165) is 0 Å². The molecule has 0 N–H and O–H groups in total. The average molecular weight is 295 g/mol. The number of nitrogens with zero attached hydrogens (tertiary/aromatic N) is 1. The number of hydrogen-bond donors (Lipinski definition) is 0. The lowest BCUT2D eigenvalue weighted by molar-refractivity contribution is 0.334. The SMILES string of the molecule is c1ccc2c(c1)sc1ccc(CCCN3CCCC3)cc12. The first kappa shape index (κ1) is 13.3. The molecule has 1 saturated heterocycles. The minimum absolute atomic E-state index is 1.20. The summed E-state index contributed by atoms with van der Waals surface area (Å²) in [5.74, 6) is 0. The first-order valence-electron chi connectivity index (χ1n) is 8.03. The number of fused-ring (bicyclic) bond motifs is 3. The van der Waals surface area contributed by atoms with E-state index < -0.39 is 0 Å². The van der Waals surface area contributed by atoms with Crippen molar-refractivity contribution in [2.24, 2.45) is 0 Å². The third-order valence-corrected chi connectivity index (χ3v) is 5.73. The first-order valence-corrected chi connectivity index (χ1v) is 8.84. The van der Waals surface area contributed by atoms with E-state index in [1.54, 1.807) is 0 Å². The van der Waals surface area contributed by atoms with Crippen molar-refractivity contribution in [3.05, 3.63) is 48.0 Å². The highest BCUT2D eigenvalue weighted by atomic mass is 32.1. The fourth-order valence-electron chi connectivity index (χ4n) is 3.44. The van der Waals surface area contributed by atoms with Gasteiger partial charge in [0.1, 0.15) is 0 Å². The van der Waals surface area contributed by atoms with E-state index in [-0.39, 0.29) is 0 Å². The molecule has 0 aliphatic carbocycles. The number of benzene rings is 2. The summed E-state index contributed by atoms with van der Waals surface area (Å²) in [6.07, 6.45) is 5.28. The lowest BCUT2D eigenvalue weighted by Crippen LogP contribution is -2.20. The maximum atomic E-state index is 2.61. The molecule has 2 aromatic carbocycles. The van der Waals surface area contributed by atoms with Crippen LogP contribution in [0.4, 0.5) is 0 Å². The first-order chi connectivity index (χ1) is 10.4. The molecule has 0 unspecified atom stereocenters. The lowest BCUT2D eigenvalue weighted by Gasteiger charge is -2.13. The van der Waals surface area contributed by atoms with Gasteiger partial charge in [-0.2, -0.15) is 0 Å². The van der Waals surface area contributed by atoms with Gasteiger partial charge in [-0.25, -0.2) is 0 Å². The van der Waals surface area contributed by atoms with Gasteiger partial charge in [-0.05, 0) is 69.1 Å². The molecule has 0 bridgehead atoms. The Morgan fingerprint density at radius 2 is 1.71 bits per heavy atom. The van der Waals surface area contributed by atoms with Gasteiger partial charge < -0.3 is 4.90 Å². The zero-order chi connectivity index (χ0) is 14.1. The molecular formula is C19H21NS. The van der Waals surface area contributed by atoms with Crippen molar-refractivity contribution in [1.29, 1.82) is 0 Å². The molecule has 0 spiro atoms. The maximum Gasteiger partial charge on any atom is 0.0355 e. The Bertz CT molecular complexity index is 752. The predicted octanol–water partition coefficient (Wildman–Crippen LogP) is 5.08. The highest BCUT2D eigenvalue weighted by molar-refractivity contribution is 7.25. The third kappa shape index (κ3) is 2.70. The molecule has 0 amide bonds. The van der Waals surface area contributed by atoms with Gasteiger partial charge in [0.05, 0.1) is 0 Å². The van der Waals surface area contributed by atoms with Gasteiger partial charge in [-0.3, -0.25) is 0 Å². The monoisotopic (exact) mass is 295 g/mol. The van der Waals surface area contributed by atoms with E-state index in [0.29, 0.717) is 0 Å². The van der Waals surface area contributed by atoms with Crippen molar-refractivity contribution < 1.29 is 0 Å². The van der Waals surface area contributed by atoms with Crippen LogP contribution in [0.1, 0.15) is 24.8 Å². The number of likely N-dealkylation sites (tertiary alicyclic amines) is 1. The fraction of sp³-hybridized carbons (Fsp3) is 0.368. The molecule has 3 aromatic rings. The van der Waals surface area contributed by atoms with Gasteiger partial charge in [-0.1, -0.05) is 24.3 Å². The quantitative estimate of drug-likeness (QED) is 0.648. The van der Waals surface area contributed by atoms with Crippen molar-refractivity contribution >= 4 is 31.5 Å². The molecule has 1 nitrogen and oxygen atoms in total. The molecule has 1 fully saturated rings. The van der Waals surface area contributed by atoms with Crippen LogP contribution in [0.2, 0.25) is 0 Å². The number of thiophene rings is 1. The standard InChI is InChI=1S/C19H21NS/c1-2-8-18-16(7-1)17-14-15(9-10-19(17)21-18)6-5-13-20-11-3-4-12-20/h1-2,7-10,14H,3-6,11-13H2. The largest absolute Gasteiger partial charge is 0.303 e. The van der Waals surface area contributed by atoms with Crippen molar-refractivity contribution in [2.45, 2.75) is 25.7 Å². The Labute approximate surface area is 130 Å². The van der Waals surface area contributed by atoms with Crippen LogP contribution in [0.25, 0.3) is 20.2 Å². The molecule has 1 aromatic heterocycles. The molecule has 2 heteroatoms. The molecule has 21 heavy (non-hydrogen) atoms. The summed E-state index contributed by atoms with van der Waals surface area (Å²) in [5.41, 5.74) is 1.49. The summed E-state index contributed by atoms with van der Waals surface area (Å²) in [5, 5.41) is 2.85. The van der Waals surface area contributed by atoms with Gasteiger partial charge in [0.15, 0.2) is 0 Å². The van der Waals surface area contributed by atoms with Crippen molar-refractivity contribution in [3.63, 3.8) is 0 Å². The van der Waals surface area contributed by atoms with Crippen molar-refractivity contribution in [2.75, 3.05) is 19.6 Å². The molecule has 0 atom stereocenters. The number of rotatable bonds is 4. The fourth-order valence-corrected chi connectivity index (χ4v) is 4.53. The summed E-state index contributed by atoms with van der Waals surface area (Å²) in [7, 11) is 0. The molecular weight excluding hydrogens is 274 g/mol. The number of aryl methyl sites for hydroxylation is 1. The molecule has 0 saturated carbocycles. The second kappa shape index (κ2) is 5.78. The topological polar surface area (TPSA) is 3.24 Å². The zero-order valence-electron chi connectivity index (χ0n) is 12.3. The molecule has 2 heterocycles. The summed E-state index contributed by atoms with van der Waals surface area (Å²) < 4.78 is 2.82. The molecule has 4 rings (SSSR count). The van der Waals surface area contributed by atoms with Gasteiger partial charge >= 0.3 is 0 Å². The summed E-state index contributed by atoms with van der Waals surface area (Å²) in [4.78, 5) is 2.61. The summed E-state index contributed by atoms with van der Waals surface area (Å²) in [6.45, 7) is 3.89. The molecule has 1 aliphatic rings. The van der Waals surface area contributed by atoms with Crippen molar-refractivity contribution in [3.8, 4) is 0 Å². The van der Waals surface area contributed by atoms with Crippen LogP contribution in [-0.4, -0.2) is 24.5 Å². The zero-order valence-corrected chi connectivity index (χ0v) is 13.2. The van der Waals surface area contributed by atoms with Crippen LogP contribution < -0.4 is 0 Å². The van der Waals surface area contributed by atoms with E-state index in [1.807, 2.05) is 11.3 Å². The Morgan fingerprint density at radius 1 is 0.905 bits per heavy atom. The highest BCUT2D eigenvalue weighted by Gasteiger charge is 2.10. The van der Waals surface area contributed by atoms with E-state index >= 15 is 0 Å². The van der Waals surface area contributed by atoms with Crippen LogP contribution >= 0.6 is 11.3 Å². The predicted molar refractivity (Wildman–Crippen MR) is 93.3 cm³/mol.